The molecule has 3 aliphatic rings. The summed E-state index contributed by atoms with van der Waals surface area (Å²) in [5.74, 6) is 1.89. The zero-order valence-electron chi connectivity index (χ0n) is 9.86. The molecule has 1 heterocycles. The lowest BCUT2D eigenvalue weighted by atomic mass is 10.0. The average Bonchev–Trinajstić information content (AvgIpc) is 2.83. The van der Waals surface area contributed by atoms with Gasteiger partial charge in [0.1, 0.15) is 6.04 Å². The van der Waals surface area contributed by atoms with Crippen LogP contribution in [0, 0.1) is 23.2 Å². The minimum absolute atomic E-state index is 0.0614. The summed E-state index contributed by atoms with van der Waals surface area (Å²) in [5.41, 5.74) is 0. The van der Waals surface area contributed by atoms with Crippen LogP contribution < -0.4 is 5.32 Å². The van der Waals surface area contributed by atoms with Gasteiger partial charge in [0.2, 0.25) is 0 Å². The van der Waals surface area contributed by atoms with E-state index in [1.807, 2.05) is 0 Å². The van der Waals surface area contributed by atoms with Crippen molar-refractivity contribution in [3.8, 4) is 6.07 Å². The number of hydrogen-bond acceptors (Lipinski definition) is 3. The van der Waals surface area contributed by atoms with Crippen molar-refractivity contribution in [1.82, 2.24) is 10.2 Å². The highest BCUT2D eigenvalue weighted by molar-refractivity contribution is 4.99. The lowest BCUT2D eigenvalue weighted by Crippen LogP contribution is -2.40. The summed E-state index contributed by atoms with van der Waals surface area (Å²) in [6.07, 6.45) is 6.82. The van der Waals surface area contributed by atoms with Crippen molar-refractivity contribution in [2.45, 2.75) is 44.2 Å². The third-order valence-corrected chi connectivity index (χ3v) is 4.41. The molecule has 0 amide bonds. The van der Waals surface area contributed by atoms with Crippen molar-refractivity contribution in [2.24, 2.45) is 11.8 Å². The van der Waals surface area contributed by atoms with Crippen molar-refractivity contribution in [3.63, 3.8) is 0 Å². The molecule has 3 rings (SSSR count). The SMILES string of the molecule is N#CC(CN1CC2CCCC2C1)NC1CC1. The number of fused-ring (bicyclic) bond motifs is 1. The van der Waals surface area contributed by atoms with Gasteiger partial charge in [-0.3, -0.25) is 5.32 Å². The van der Waals surface area contributed by atoms with Crippen LogP contribution in [0.2, 0.25) is 0 Å². The van der Waals surface area contributed by atoms with Crippen molar-refractivity contribution in [2.75, 3.05) is 19.6 Å². The van der Waals surface area contributed by atoms with Crippen LogP contribution in [0.5, 0.6) is 0 Å². The summed E-state index contributed by atoms with van der Waals surface area (Å²) in [7, 11) is 0. The van der Waals surface area contributed by atoms with Gasteiger partial charge >= 0.3 is 0 Å². The predicted molar refractivity (Wildman–Crippen MR) is 62.8 cm³/mol. The molecule has 0 radical (unpaired) electrons. The van der Waals surface area contributed by atoms with E-state index in [4.69, 9.17) is 5.26 Å². The van der Waals surface area contributed by atoms with E-state index in [1.165, 1.54) is 45.2 Å². The quantitative estimate of drug-likeness (QED) is 0.776. The second-order valence-corrected chi connectivity index (χ2v) is 5.79. The molecular weight excluding hydrogens is 198 g/mol. The second kappa shape index (κ2) is 4.35. The standard InChI is InChI=1S/C13H21N3/c14-6-13(15-12-4-5-12)9-16-7-10-2-1-3-11(10)8-16/h10-13,15H,1-5,7-9H2. The van der Waals surface area contributed by atoms with Gasteiger partial charge in [0, 0.05) is 25.7 Å². The summed E-state index contributed by atoms with van der Waals surface area (Å²) in [5, 5.41) is 12.6. The minimum Gasteiger partial charge on any atom is -0.300 e. The first-order valence-corrected chi connectivity index (χ1v) is 6.73. The second-order valence-electron chi connectivity index (χ2n) is 5.79. The topological polar surface area (TPSA) is 39.1 Å². The van der Waals surface area contributed by atoms with Gasteiger partial charge in [-0.1, -0.05) is 6.42 Å². The summed E-state index contributed by atoms with van der Waals surface area (Å²) < 4.78 is 0. The third-order valence-electron chi connectivity index (χ3n) is 4.41. The Hall–Kier alpha value is -0.590. The maximum absolute atomic E-state index is 9.13. The molecule has 0 spiro atoms. The van der Waals surface area contributed by atoms with Gasteiger partial charge in [-0.2, -0.15) is 5.26 Å². The maximum atomic E-state index is 9.13. The Balaban J connectivity index is 1.48. The number of nitriles is 1. The number of nitrogens with one attached hydrogen (secondary N) is 1. The lowest BCUT2D eigenvalue weighted by Gasteiger charge is -2.20. The Morgan fingerprint density at radius 2 is 1.88 bits per heavy atom. The van der Waals surface area contributed by atoms with E-state index in [1.54, 1.807) is 0 Å². The van der Waals surface area contributed by atoms with Crippen LogP contribution in [-0.4, -0.2) is 36.6 Å². The van der Waals surface area contributed by atoms with Gasteiger partial charge in [0.25, 0.3) is 0 Å². The fraction of sp³-hybridized carbons (Fsp3) is 0.923. The molecule has 2 aliphatic carbocycles. The zero-order chi connectivity index (χ0) is 11.0. The van der Waals surface area contributed by atoms with E-state index < -0.39 is 0 Å². The highest BCUT2D eigenvalue weighted by Crippen LogP contribution is 2.37. The number of likely N-dealkylation sites (tertiary alicyclic amines) is 1. The molecule has 0 bridgehead atoms. The van der Waals surface area contributed by atoms with Crippen LogP contribution in [0.4, 0.5) is 0 Å². The minimum atomic E-state index is 0.0614. The van der Waals surface area contributed by atoms with Crippen LogP contribution >= 0.6 is 0 Å². The van der Waals surface area contributed by atoms with Gasteiger partial charge in [-0.15, -0.1) is 0 Å². The van der Waals surface area contributed by atoms with Crippen molar-refractivity contribution in [3.05, 3.63) is 0 Å². The Bertz CT molecular complexity index is 280. The van der Waals surface area contributed by atoms with Gasteiger partial charge in [-0.25, -0.2) is 0 Å². The van der Waals surface area contributed by atoms with Gasteiger partial charge in [0.15, 0.2) is 0 Å². The first kappa shape index (κ1) is 10.6. The van der Waals surface area contributed by atoms with Crippen LogP contribution in [0.3, 0.4) is 0 Å². The van der Waals surface area contributed by atoms with Crippen LogP contribution in [0.1, 0.15) is 32.1 Å². The average molecular weight is 219 g/mol. The molecule has 16 heavy (non-hydrogen) atoms. The first-order valence-electron chi connectivity index (χ1n) is 6.73. The lowest BCUT2D eigenvalue weighted by molar-refractivity contribution is 0.290. The molecule has 1 saturated heterocycles. The molecular formula is C13H21N3. The molecule has 3 atom stereocenters. The van der Waals surface area contributed by atoms with E-state index in [0.717, 1.165) is 18.4 Å². The van der Waals surface area contributed by atoms with E-state index in [-0.39, 0.29) is 6.04 Å². The Labute approximate surface area is 97.8 Å². The monoisotopic (exact) mass is 219 g/mol. The normalized spacial score (nSPS) is 35.9. The molecule has 1 aliphatic heterocycles. The molecule has 2 saturated carbocycles. The first-order chi connectivity index (χ1) is 7.85. The summed E-state index contributed by atoms with van der Waals surface area (Å²) in [6, 6.07) is 3.12. The fourth-order valence-corrected chi connectivity index (χ4v) is 3.40. The van der Waals surface area contributed by atoms with E-state index >= 15 is 0 Å². The molecule has 88 valence electrons. The molecule has 1 N–H and O–H groups in total. The third kappa shape index (κ3) is 2.23. The van der Waals surface area contributed by atoms with Gasteiger partial charge in [-0.05, 0) is 37.5 Å². The van der Waals surface area contributed by atoms with E-state index in [2.05, 4.69) is 16.3 Å². The highest BCUT2D eigenvalue weighted by Gasteiger charge is 2.37. The number of hydrogen-bond donors (Lipinski definition) is 1. The summed E-state index contributed by atoms with van der Waals surface area (Å²) in [6.45, 7) is 3.43. The summed E-state index contributed by atoms with van der Waals surface area (Å²) >= 11 is 0. The van der Waals surface area contributed by atoms with Crippen LogP contribution in [-0.2, 0) is 0 Å². The molecule has 0 aromatic rings. The van der Waals surface area contributed by atoms with E-state index in [0.29, 0.717) is 6.04 Å². The van der Waals surface area contributed by atoms with Crippen molar-refractivity contribution >= 4 is 0 Å². The Kier molecular flexibility index (Phi) is 2.87. The number of rotatable bonds is 4. The highest BCUT2D eigenvalue weighted by atomic mass is 15.2. The molecule has 3 nitrogen and oxygen atoms in total. The molecule has 0 aromatic heterocycles. The number of nitrogens with zero attached hydrogens (tertiary/aromatic N) is 2. The van der Waals surface area contributed by atoms with Crippen molar-refractivity contribution < 1.29 is 0 Å². The largest absolute Gasteiger partial charge is 0.300 e. The zero-order valence-corrected chi connectivity index (χ0v) is 9.86. The molecule has 3 fully saturated rings. The molecule has 3 unspecified atom stereocenters. The fourth-order valence-electron chi connectivity index (χ4n) is 3.40. The maximum Gasteiger partial charge on any atom is 0.108 e. The van der Waals surface area contributed by atoms with Gasteiger partial charge in [0.05, 0.1) is 6.07 Å². The Morgan fingerprint density at radius 1 is 1.19 bits per heavy atom. The Morgan fingerprint density at radius 3 is 2.44 bits per heavy atom. The van der Waals surface area contributed by atoms with E-state index in [9.17, 15) is 0 Å². The smallest absolute Gasteiger partial charge is 0.108 e. The summed E-state index contributed by atoms with van der Waals surface area (Å²) in [4.78, 5) is 2.51. The van der Waals surface area contributed by atoms with Gasteiger partial charge < -0.3 is 4.90 Å². The van der Waals surface area contributed by atoms with Crippen LogP contribution in [0.25, 0.3) is 0 Å². The molecule has 3 heteroatoms. The van der Waals surface area contributed by atoms with Crippen molar-refractivity contribution in [1.29, 1.82) is 5.26 Å². The predicted octanol–water partition coefficient (Wildman–Crippen LogP) is 1.36. The molecule has 0 aromatic carbocycles. The van der Waals surface area contributed by atoms with Crippen LogP contribution in [0.15, 0.2) is 0 Å².